The lowest BCUT2D eigenvalue weighted by Gasteiger charge is -2.17. The van der Waals surface area contributed by atoms with Crippen LogP contribution in [0.15, 0.2) is 36.7 Å². The normalized spacial score (nSPS) is 18.0. The molecular weight excluding hydrogens is 320 g/mol. The number of nitrogens with one attached hydrogen (secondary N) is 1. The number of hydrogen-bond acceptors (Lipinski definition) is 6. The Labute approximate surface area is 146 Å². The molecule has 0 aliphatic carbocycles. The first-order valence-electron chi connectivity index (χ1n) is 8.31. The van der Waals surface area contributed by atoms with Crippen molar-refractivity contribution in [1.82, 2.24) is 15.3 Å². The molecule has 2 N–H and O–H groups in total. The molecule has 7 heteroatoms. The van der Waals surface area contributed by atoms with Gasteiger partial charge in [0.2, 0.25) is 11.9 Å². The van der Waals surface area contributed by atoms with E-state index < -0.39 is 0 Å². The fraction of sp³-hybridized carbons (Fsp3) is 0.389. The number of aromatic nitrogens is 2. The van der Waals surface area contributed by atoms with Crippen LogP contribution >= 0.6 is 0 Å². The number of carbonyl (C=O) groups is 1. The van der Waals surface area contributed by atoms with Gasteiger partial charge < -0.3 is 20.1 Å². The lowest BCUT2D eigenvalue weighted by atomic mass is 10.1. The number of rotatable bonds is 5. The van der Waals surface area contributed by atoms with Crippen molar-refractivity contribution in [2.75, 3.05) is 18.0 Å². The molecule has 1 amide bonds. The number of benzene rings is 1. The number of anilines is 1. The molecule has 1 fully saturated rings. The van der Waals surface area contributed by atoms with E-state index in [2.05, 4.69) is 15.3 Å². The molecule has 1 saturated heterocycles. The molecule has 132 valence electrons. The molecule has 0 saturated carbocycles. The number of amides is 1. The zero-order valence-electron chi connectivity index (χ0n) is 14.3. The monoisotopic (exact) mass is 342 g/mol. The van der Waals surface area contributed by atoms with Gasteiger partial charge in [-0.25, -0.2) is 9.97 Å². The van der Waals surface area contributed by atoms with Crippen LogP contribution in [0, 0.1) is 0 Å². The topological polar surface area (TPSA) is 87.6 Å². The van der Waals surface area contributed by atoms with E-state index in [0.29, 0.717) is 12.5 Å². The van der Waals surface area contributed by atoms with E-state index in [1.54, 1.807) is 0 Å². The Kier molecular flexibility index (Phi) is 5.02. The highest BCUT2D eigenvalue weighted by atomic mass is 16.5. The van der Waals surface area contributed by atoms with E-state index in [9.17, 15) is 9.90 Å². The van der Waals surface area contributed by atoms with Crippen LogP contribution in [0.3, 0.4) is 0 Å². The molecule has 0 radical (unpaired) electrons. The summed E-state index contributed by atoms with van der Waals surface area (Å²) >= 11 is 0. The van der Waals surface area contributed by atoms with Crippen molar-refractivity contribution in [3.8, 4) is 11.5 Å². The van der Waals surface area contributed by atoms with Crippen LogP contribution in [0.4, 0.5) is 5.95 Å². The van der Waals surface area contributed by atoms with E-state index in [0.717, 1.165) is 24.3 Å². The second kappa shape index (κ2) is 7.38. The highest BCUT2D eigenvalue weighted by molar-refractivity contribution is 5.73. The average molecular weight is 342 g/mol. The van der Waals surface area contributed by atoms with Gasteiger partial charge in [-0.2, -0.15) is 0 Å². The highest BCUT2D eigenvalue weighted by Gasteiger charge is 2.25. The molecular formula is C18H22N4O3. The van der Waals surface area contributed by atoms with Crippen molar-refractivity contribution >= 4 is 11.9 Å². The van der Waals surface area contributed by atoms with Crippen LogP contribution in [0.25, 0.3) is 0 Å². The van der Waals surface area contributed by atoms with Crippen LogP contribution in [0.2, 0.25) is 0 Å². The summed E-state index contributed by atoms with van der Waals surface area (Å²) in [6.45, 7) is 4.98. The number of ether oxygens (including phenoxy) is 1. The van der Waals surface area contributed by atoms with Crippen LogP contribution in [-0.2, 0) is 4.79 Å². The van der Waals surface area contributed by atoms with E-state index in [4.69, 9.17) is 4.74 Å². The Hall–Kier alpha value is -2.83. The van der Waals surface area contributed by atoms with E-state index >= 15 is 0 Å². The summed E-state index contributed by atoms with van der Waals surface area (Å²) in [5.74, 6) is 1.42. The summed E-state index contributed by atoms with van der Waals surface area (Å²) in [5, 5.41) is 12.1. The predicted octanol–water partition coefficient (Wildman–Crippen LogP) is 2.04. The van der Waals surface area contributed by atoms with E-state index in [1.807, 2.05) is 36.1 Å². The number of aromatic hydroxyl groups is 1. The molecule has 25 heavy (non-hydrogen) atoms. The van der Waals surface area contributed by atoms with Gasteiger partial charge in [0.15, 0.2) is 5.75 Å². The molecule has 2 atom stereocenters. The van der Waals surface area contributed by atoms with Crippen molar-refractivity contribution < 1.29 is 14.6 Å². The standard InChI is InChI=1S/C18H22N4O3/c1-12(21-13(2)23)14-3-5-16(6-4-14)25-17-7-8-22(11-17)18-19-9-15(24)10-20-18/h3-6,9-10,12,17,24H,7-8,11H2,1-2H3,(H,21,23)/t12?,17-/m1/s1. The third kappa shape index (κ3) is 4.37. The van der Waals surface area contributed by atoms with Gasteiger partial charge in [0.25, 0.3) is 0 Å². The van der Waals surface area contributed by atoms with Crippen LogP contribution in [0.5, 0.6) is 11.5 Å². The quantitative estimate of drug-likeness (QED) is 0.864. The first-order chi connectivity index (χ1) is 12.0. The maximum absolute atomic E-state index is 11.1. The molecule has 3 rings (SSSR count). The largest absolute Gasteiger partial charge is 0.505 e. The third-order valence-electron chi connectivity index (χ3n) is 4.16. The van der Waals surface area contributed by atoms with Crippen molar-refractivity contribution in [3.63, 3.8) is 0 Å². The second-order valence-electron chi connectivity index (χ2n) is 6.21. The zero-order chi connectivity index (χ0) is 17.8. The van der Waals surface area contributed by atoms with Gasteiger partial charge in [-0.15, -0.1) is 0 Å². The Bertz CT molecular complexity index is 718. The molecule has 1 aliphatic rings. The molecule has 1 unspecified atom stereocenters. The minimum Gasteiger partial charge on any atom is -0.505 e. The summed E-state index contributed by atoms with van der Waals surface area (Å²) in [6, 6.07) is 7.75. The Morgan fingerprint density at radius 2 is 2.00 bits per heavy atom. The smallest absolute Gasteiger partial charge is 0.225 e. The minimum atomic E-state index is -0.0460. The van der Waals surface area contributed by atoms with Gasteiger partial charge >= 0.3 is 0 Å². The van der Waals surface area contributed by atoms with Crippen molar-refractivity contribution in [3.05, 3.63) is 42.2 Å². The van der Waals surface area contributed by atoms with Crippen LogP contribution in [0.1, 0.15) is 31.9 Å². The number of carbonyl (C=O) groups excluding carboxylic acids is 1. The van der Waals surface area contributed by atoms with E-state index in [-0.39, 0.29) is 23.8 Å². The van der Waals surface area contributed by atoms with Crippen molar-refractivity contribution in [2.45, 2.75) is 32.4 Å². The molecule has 2 aromatic rings. The van der Waals surface area contributed by atoms with Crippen LogP contribution in [-0.4, -0.2) is 40.2 Å². The maximum Gasteiger partial charge on any atom is 0.225 e. The van der Waals surface area contributed by atoms with Gasteiger partial charge in [-0.3, -0.25) is 4.79 Å². The lowest BCUT2D eigenvalue weighted by molar-refractivity contribution is -0.119. The van der Waals surface area contributed by atoms with Gasteiger partial charge in [0.1, 0.15) is 11.9 Å². The molecule has 7 nitrogen and oxygen atoms in total. The van der Waals surface area contributed by atoms with Gasteiger partial charge in [0.05, 0.1) is 25.0 Å². The summed E-state index contributed by atoms with van der Waals surface area (Å²) in [4.78, 5) is 21.4. The third-order valence-corrected chi connectivity index (χ3v) is 4.16. The van der Waals surface area contributed by atoms with Gasteiger partial charge in [0, 0.05) is 19.9 Å². The summed E-state index contributed by atoms with van der Waals surface area (Å²) < 4.78 is 6.03. The summed E-state index contributed by atoms with van der Waals surface area (Å²) in [5.41, 5.74) is 1.04. The first-order valence-corrected chi connectivity index (χ1v) is 8.31. The Morgan fingerprint density at radius 3 is 2.64 bits per heavy atom. The van der Waals surface area contributed by atoms with Crippen molar-refractivity contribution in [1.29, 1.82) is 0 Å². The fourth-order valence-electron chi connectivity index (χ4n) is 2.90. The Balaban J connectivity index is 1.56. The molecule has 0 spiro atoms. The maximum atomic E-state index is 11.1. The molecule has 0 bridgehead atoms. The first kappa shape index (κ1) is 17.0. The highest BCUT2D eigenvalue weighted by Crippen LogP contribution is 2.23. The zero-order valence-corrected chi connectivity index (χ0v) is 14.3. The fourth-order valence-corrected chi connectivity index (χ4v) is 2.90. The summed E-state index contributed by atoms with van der Waals surface area (Å²) in [7, 11) is 0. The molecule has 1 aromatic heterocycles. The predicted molar refractivity (Wildman–Crippen MR) is 93.6 cm³/mol. The summed E-state index contributed by atoms with van der Waals surface area (Å²) in [6.07, 6.45) is 3.74. The minimum absolute atomic E-state index is 0.0276. The van der Waals surface area contributed by atoms with E-state index in [1.165, 1.54) is 19.3 Å². The Morgan fingerprint density at radius 1 is 1.32 bits per heavy atom. The van der Waals surface area contributed by atoms with Gasteiger partial charge in [-0.1, -0.05) is 12.1 Å². The lowest BCUT2D eigenvalue weighted by Crippen LogP contribution is -2.26. The molecule has 2 heterocycles. The molecule has 1 aromatic carbocycles. The number of hydrogen-bond donors (Lipinski definition) is 2. The van der Waals surface area contributed by atoms with Crippen LogP contribution < -0.4 is 15.0 Å². The second-order valence-corrected chi connectivity index (χ2v) is 6.21. The molecule has 1 aliphatic heterocycles. The van der Waals surface area contributed by atoms with Gasteiger partial charge in [-0.05, 0) is 24.6 Å². The van der Waals surface area contributed by atoms with Crippen molar-refractivity contribution in [2.24, 2.45) is 0 Å². The average Bonchev–Trinajstić information content (AvgIpc) is 3.04. The number of nitrogens with zero attached hydrogens (tertiary/aromatic N) is 3. The SMILES string of the molecule is CC(=O)NC(C)c1ccc(O[C@@H]2CCN(c3ncc(O)cn3)C2)cc1.